The van der Waals surface area contributed by atoms with E-state index >= 15 is 0 Å². The van der Waals surface area contributed by atoms with Crippen LogP contribution < -0.4 is 4.90 Å². The molecular formula is C17H11Cl2IN2O3. The first-order chi connectivity index (χ1) is 11.9. The van der Waals surface area contributed by atoms with Gasteiger partial charge < -0.3 is 9.74 Å². The zero-order valence-corrected chi connectivity index (χ0v) is 16.6. The smallest absolute Gasteiger partial charge is 0.318 e. The molecule has 2 aromatic carbocycles. The van der Waals surface area contributed by atoms with E-state index in [-0.39, 0.29) is 11.6 Å². The summed E-state index contributed by atoms with van der Waals surface area (Å²) in [7, 11) is 0. The minimum Gasteiger partial charge on any atom is -0.318 e. The van der Waals surface area contributed by atoms with Gasteiger partial charge in [-0.25, -0.2) is 4.79 Å². The maximum absolute atomic E-state index is 12.8. The van der Waals surface area contributed by atoms with E-state index in [1.807, 2.05) is 18.2 Å². The summed E-state index contributed by atoms with van der Waals surface area (Å²) >= 11 is 14.1. The number of carbonyl (C=O) groups excluding carboxylic acids is 2. The van der Waals surface area contributed by atoms with Crippen molar-refractivity contribution in [2.24, 2.45) is 5.16 Å². The van der Waals surface area contributed by atoms with Gasteiger partial charge in [-0.05, 0) is 58.5 Å². The summed E-state index contributed by atoms with van der Waals surface area (Å²) in [5.41, 5.74) is 2.24. The number of carbonyl (C=O) groups is 2. The van der Waals surface area contributed by atoms with Crippen LogP contribution in [0.5, 0.6) is 0 Å². The van der Waals surface area contributed by atoms with Crippen molar-refractivity contribution in [1.82, 2.24) is 0 Å². The number of halogens is 3. The fourth-order valence-corrected chi connectivity index (χ4v) is 3.27. The van der Waals surface area contributed by atoms with Gasteiger partial charge in [-0.1, -0.05) is 34.4 Å². The lowest BCUT2D eigenvalue weighted by molar-refractivity contribution is -0.140. The van der Waals surface area contributed by atoms with Crippen LogP contribution in [0.2, 0.25) is 10.0 Å². The van der Waals surface area contributed by atoms with Crippen LogP contribution in [0.15, 0.2) is 41.6 Å². The Morgan fingerprint density at radius 3 is 2.64 bits per heavy atom. The number of rotatable bonds is 3. The quantitative estimate of drug-likeness (QED) is 0.365. The molecular weight excluding hydrogens is 478 g/mol. The fourth-order valence-electron chi connectivity index (χ4n) is 2.46. The molecule has 1 aliphatic heterocycles. The summed E-state index contributed by atoms with van der Waals surface area (Å²) < 4.78 is 0.941. The van der Waals surface area contributed by atoms with Crippen molar-refractivity contribution in [3.8, 4) is 0 Å². The van der Waals surface area contributed by atoms with Crippen LogP contribution in [0, 0.1) is 3.57 Å². The largest absolute Gasteiger partial charge is 0.332 e. The molecule has 0 unspecified atom stereocenters. The van der Waals surface area contributed by atoms with Gasteiger partial charge in [-0.15, -0.1) is 0 Å². The summed E-state index contributed by atoms with van der Waals surface area (Å²) in [4.78, 5) is 30.1. The average Bonchev–Trinajstić information content (AvgIpc) is 2.80. The molecule has 0 spiro atoms. The lowest BCUT2D eigenvalue weighted by Gasteiger charge is -2.17. The Morgan fingerprint density at radius 1 is 1.20 bits per heavy atom. The molecule has 3 rings (SSSR count). The van der Waals surface area contributed by atoms with Crippen molar-refractivity contribution in [3.63, 3.8) is 0 Å². The summed E-state index contributed by atoms with van der Waals surface area (Å²) in [5, 5.41) is 4.60. The number of fused-ring (bicyclic) bond motifs is 1. The molecule has 0 radical (unpaired) electrons. The molecule has 0 aromatic heterocycles. The van der Waals surface area contributed by atoms with Gasteiger partial charge >= 0.3 is 5.97 Å². The molecule has 0 saturated heterocycles. The van der Waals surface area contributed by atoms with Crippen LogP contribution in [-0.4, -0.2) is 17.6 Å². The van der Waals surface area contributed by atoms with Crippen molar-refractivity contribution >= 4 is 69.1 Å². The second kappa shape index (κ2) is 7.31. The van der Waals surface area contributed by atoms with E-state index in [0.717, 1.165) is 9.13 Å². The van der Waals surface area contributed by atoms with Crippen LogP contribution in [0.1, 0.15) is 18.1 Å². The first-order valence-electron chi connectivity index (χ1n) is 7.18. The lowest BCUT2D eigenvalue weighted by Crippen LogP contribution is -2.29. The predicted octanol–water partition coefficient (Wildman–Crippen LogP) is 4.41. The Balaban J connectivity index is 2.00. The highest BCUT2D eigenvalue weighted by Gasteiger charge is 2.35. The summed E-state index contributed by atoms with van der Waals surface area (Å²) in [5.74, 6) is -0.931. The Hall–Kier alpha value is -1.64. The molecule has 0 atom stereocenters. The molecule has 1 heterocycles. The zero-order chi connectivity index (χ0) is 18.1. The van der Waals surface area contributed by atoms with Crippen LogP contribution in [0.25, 0.3) is 0 Å². The van der Waals surface area contributed by atoms with Crippen LogP contribution in [-0.2, 0) is 21.0 Å². The molecule has 2 aromatic rings. The van der Waals surface area contributed by atoms with Gasteiger partial charge in [-0.2, -0.15) is 0 Å². The molecule has 0 aliphatic carbocycles. The van der Waals surface area contributed by atoms with E-state index in [2.05, 4.69) is 32.6 Å². The van der Waals surface area contributed by atoms with E-state index < -0.39 is 5.97 Å². The Morgan fingerprint density at radius 2 is 1.96 bits per heavy atom. The molecule has 1 amide bonds. The topological polar surface area (TPSA) is 59.0 Å². The van der Waals surface area contributed by atoms with Crippen LogP contribution in [0.3, 0.4) is 0 Å². The third kappa shape index (κ3) is 3.80. The molecule has 5 nitrogen and oxygen atoms in total. The summed E-state index contributed by atoms with van der Waals surface area (Å²) in [6.07, 6.45) is 0. The summed E-state index contributed by atoms with van der Waals surface area (Å²) in [6.45, 7) is 1.52. The molecule has 1 aliphatic rings. The number of amides is 1. The van der Waals surface area contributed by atoms with Crippen molar-refractivity contribution in [2.45, 2.75) is 13.5 Å². The lowest BCUT2D eigenvalue weighted by atomic mass is 10.1. The fraction of sp³-hybridized carbons (Fsp3) is 0.118. The van der Waals surface area contributed by atoms with Gasteiger partial charge in [0.25, 0.3) is 5.91 Å². The molecule has 25 heavy (non-hydrogen) atoms. The number of hydrogen-bond acceptors (Lipinski definition) is 4. The molecule has 128 valence electrons. The van der Waals surface area contributed by atoms with E-state index in [1.54, 1.807) is 23.1 Å². The molecule has 0 N–H and O–H groups in total. The third-order valence-electron chi connectivity index (χ3n) is 3.54. The van der Waals surface area contributed by atoms with Gasteiger partial charge in [-0.3, -0.25) is 4.79 Å². The van der Waals surface area contributed by atoms with Crippen molar-refractivity contribution in [2.75, 3.05) is 4.90 Å². The van der Waals surface area contributed by atoms with Gasteiger partial charge in [0.15, 0.2) is 5.71 Å². The average molecular weight is 489 g/mol. The summed E-state index contributed by atoms with van der Waals surface area (Å²) in [6, 6.07) is 10.7. The van der Waals surface area contributed by atoms with Crippen molar-refractivity contribution in [3.05, 3.63) is 61.1 Å². The second-order valence-corrected chi connectivity index (χ2v) is 7.38. The number of anilines is 1. The third-order valence-corrected chi connectivity index (χ3v) is 4.95. The number of oxime groups is 1. The van der Waals surface area contributed by atoms with Crippen molar-refractivity contribution in [1.29, 1.82) is 0 Å². The van der Waals surface area contributed by atoms with Crippen LogP contribution in [0.4, 0.5) is 5.69 Å². The Kier molecular flexibility index (Phi) is 5.31. The minimum absolute atomic E-state index is 0.101. The predicted molar refractivity (Wildman–Crippen MR) is 105 cm³/mol. The zero-order valence-electron chi connectivity index (χ0n) is 12.9. The van der Waals surface area contributed by atoms with E-state index in [1.165, 1.54) is 6.92 Å². The van der Waals surface area contributed by atoms with Gasteiger partial charge in [0, 0.05) is 16.1 Å². The van der Waals surface area contributed by atoms with E-state index in [9.17, 15) is 9.59 Å². The molecule has 0 fully saturated rings. The van der Waals surface area contributed by atoms with E-state index in [4.69, 9.17) is 23.2 Å². The van der Waals surface area contributed by atoms with Gasteiger partial charge in [0.1, 0.15) is 0 Å². The Bertz CT molecular complexity index is 915. The molecule has 8 heteroatoms. The SMILES string of the molecule is CC(=O)O/N=C1/C(=O)N(Cc2ccc(Cl)c(Cl)c2)c2ccc(I)cc21. The highest BCUT2D eigenvalue weighted by Crippen LogP contribution is 2.33. The molecule has 0 bridgehead atoms. The monoisotopic (exact) mass is 488 g/mol. The highest BCUT2D eigenvalue weighted by atomic mass is 127. The minimum atomic E-state index is -0.588. The number of nitrogens with zero attached hydrogens (tertiary/aromatic N) is 2. The maximum atomic E-state index is 12.8. The Labute approximate surface area is 167 Å². The van der Waals surface area contributed by atoms with Gasteiger partial charge in [0.2, 0.25) is 0 Å². The first kappa shape index (κ1) is 18.2. The van der Waals surface area contributed by atoms with E-state index in [0.29, 0.717) is 27.8 Å². The normalized spacial score (nSPS) is 14.8. The van der Waals surface area contributed by atoms with Crippen LogP contribution >= 0.6 is 45.8 Å². The van der Waals surface area contributed by atoms with Gasteiger partial charge in [0.05, 0.1) is 22.3 Å². The first-order valence-corrected chi connectivity index (χ1v) is 9.01. The second-order valence-electron chi connectivity index (χ2n) is 5.32. The standard InChI is InChI=1S/C17H11Cl2IN2O3/c1-9(23)25-21-16-12-7-11(20)3-5-15(12)22(17(16)24)8-10-2-4-13(18)14(19)6-10/h2-7H,8H2,1H3/b21-16+. The maximum Gasteiger partial charge on any atom is 0.332 e. The highest BCUT2D eigenvalue weighted by molar-refractivity contribution is 14.1. The van der Waals surface area contributed by atoms with Crippen molar-refractivity contribution < 1.29 is 14.4 Å². The molecule has 0 saturated carbocycles. The number of hydrogen-bond donors (Lipinski definition) is 0. The number of benzene rings is 2.